The van der Waals surface area contributed by atoms with Crippen LogP contribution < -0.4 is 16.4 Å². The number of hydrogen-bond donors (Lipinski definition) is 3. The second-order valence-electron chi connectivity index (χ2n) is 6.61. The number of benzene rings is 1. The van der Waals surface area contributed by atoms with Gasteiger partial charge >= 0.3 is 0 Å². The molecule has 1 aromatic rings. The fourth-order valence-electron chi connectivity index (χ4n) is 3.05. The SMILES string of the molecule is CC(N)(C(=O)NCCNC1CCCCCC1)c1ccc(Br)cc1. The van der Waals surface area contributed by atoms with Gasteiger partial charge in [-0.15, -0.1) is 0 Å². The number of carbonyl (C=O) groups is 1. The Balaban J connectivity index is 1.76. The molecule has 0 spiro atoms. The number of carbonyl (C=O) groups excluding carboxylic acids is 1. The van der Waals surface area contributed by atoms with Gasteiger partial charge in [-0.2, -0.15) is 0 Å². The number of amides is 1. The average Bonchev–Trinajstić information content (AvgIpc) is 2.80. The fraction of sp³-hybridized carbons (Fsp3) is 0.611. The summed E-state index contributed by atoms with van der Waals surface area (Å²) in [5, 5.41) is 6.51. The number of nitrogens with two attached hydrogens (primary N) is 1. The van der Waals surface area contributed by atoms with Gasteiger partial charge in [0.2, 0.25) is 5.91 Å². The maximum atomic E-state index is 12.4. The summed E-state index contributed by atoms with van der Waals surface area (Å²) >= 11 is 3.39. The zero-order chi connectivity index (χ0) is 16.7. The largest absolute Gasteiger partial charge is 0.353 e. The van der Waals surface area contributed by atoms with Crippen LogP contribution in [0.3, 0.4) is 0 Å². The van der Waals surface area contributed by atoms with Crippen LogP contribution in [0.25, 0.3) is 0 Å². The molecular weight excluding hydrogens is 354 g/mol. The molecule has 4 N–H and O–H groups in total. The summed E-state index contributed by atoms with van der Waals surface area (Å²) in [5.74, 6) is -0.137. The molecule has 0 aromatic heterocycles. The molecular formula is C18H28BrN3O. The van der Waals surface area contributed by atoms with E-state index in [-0.39, 0.29) is 5.91 Å². The highest BCUT2D eigenvalue weighted by molar-refractivity contribution is 9.10. The molecule has 0 aliphatic heterocycles. The van der Waals surface area contributed by atoms with Gasteiger partial charge in [-0.1, -0.05) is 53.7 Å². The van der Waals surface area contributed by atoms with Crippen LogP contribution in [0.5, 0.6) is 0 Å². The lowest BCUT2D eigenvalue weighted by Crippen LogP contribution is -2.50. The first-order valence-electron chi connectivity index (χ1n) is 8.57. The topological polar surface area (TPSA) is 67.2 Å². The Morgan fingerprint density at radius 1 is 1.17 bits per heavy atom. The van der Waals surface area contributed by atoms with Crippen molar-refractivity contribution in [3.05, 3.63) is 34.3 Å². The van der Waals surface area contributed by atoms with Crippen LogP contribution in [0.2, 0.25) is 0 Å². The third kappa shape index (κ3) is 5.59. The van der Waals surface area contributed by atoms with Crippen molar-refractivity contribution in [2.45, 2.75) is 57.0 Å². The first-order valence-corrected chi connectivity index (χ1v) is 9.36. The van der Waals surface area contributed by atoms with Crippen molar-refractivity contribution in [3.8, 4) is 0 Å². The zero-order valence-electron chi connectivity index (χ0n) is 13.9. The summed E-state index contributed by atoms with van der Waals surface area (Å²) in [6.45, 7) is 3.16. The second kappa shape index (κ2) is 8.81. The highest BCUT2D eigenvalue weighted by Crippen LogP contribution is 2.20. The maximum Gasteiger partial charge on any atom is 0.244 e. The summed E-state index contributed by atoms with van der Waals surface area (Å²) in [6, 6.07) is 8.17. The van der Waals surface area contributed by atoms with Crippen molar-refractivity contribution in [2.24, 2.45) is 5.73 Å². The molecule has 1 aromatic carbocycles. The second-order valence-corrected chi connectivity index (χ2v) is 7.52. The Kier molecular flexibility index (Phi) is 7.06. The normalized spacial score (nSPS) is 18.9. The van der Waals surface area contributed by atoms with E-state index in [4.69, 9.17) is 5.73 Å². The van der Waals surface area contributed by atoms with Gasteiger partial charge in [0.25, 0.3) is 0 Å². The van der Waals surface area contributed by atoms with Gasteiger partial charge in [-0.05, 0) is 37.5 Å². The molecule has 0 saturated heterocycles. The van der Waals surface area contributed by atoms with E-state index in [9.17, 15) is 4.79 Å². The number of rotatable bonds is 6. The fourth-order valence-corrected chi connectivity index (χ4v) is 3.31. The van der Waals surface area contributed by atoms with Crippen LogP contribution in [0.4, 0.5) is 0 Å². The summed E-state index contributed by atoms with van der Waals surface area (Å²) in [5.41, 5.74) is 6.03. The molecule has 1 aliphatic carbocycles. The van der Waals surface area contributed by atoms with Crippen LogP contribution in [0.15, 0.2) is 28.7 Å². The van der Waals surface area contributed by atoms with Gasteiger partial charge < -0.3 is 16.4 Å². The van der Waals surface area contributed by atoms with Crippen LogP contribution in [-0.4, -0.2) is 25.0 Å². The molecule has 23 heavy (non-hydrogen) atoms. The average molecular weight is 382 g/mol. The van der Waals surface area contributed by atoms with Gasteiger partial charge in [-0.3, -0.25) is 4.79 Å². The molecule has 1 amide bonds. The van der Waals surface area contributed by atoms with Crippen molar-refractivity contribution in [1.29, 1.82) is 0 Å². The van der Waals surface area contributed by atoms with E-state index >= 15 is 0 Å². The molecule has 4 nitrogen and oxygen atoms in total. The lowest BCUT2D eigenvalue weighted by atomic mass is 9.92. The van der Waals surface area contributed by atoms with Crippen LogP contribution in [-0.2, 0) is 10.3 Å². The summed E-state index contributed by atoms with van der Waals surface area (Å²) in [4.78, 5) is 12.4. The number of nitrogens with one attached hydrogen (secondary N) is 2. The van der Waals surface area contributed by atoms with Crippen molar-refractivity contribution >= 4 is 21.8 Å². The molecule has 0 bridgehead atoms. The lowest BCUT2D eigenvalue weighted by molar-refractivity contribution is -0.126. The Labute approximate surface area is 147 Å². The minimum absolute atomic E-state index is 0.137. The van der Waals surface area contributed by atoms with Gasteiger partial charge in [0, 0.05) is 23.6 Å². The third-order valence-corrected chi connectivity index (χ3v) is 5.14. The maximum absolute atomic E-state index is 12.4. The Bertz CT molecular complexity index is 493. The van der Waals surface area contributed by atoms with Crippen molar-refractivity contribution in [2.75, 3.05) is 13.1 Å². The van der Waals surface area contributed by atoms with Gasteiger partial charge in [0.1, 0.15) is 5.54 Å². The van der Waals surface area contributed by atoms with Crippen molar-refractivity contribution < 1.29 is 4.79 Å². The molecule has 0 heterocycles. The molecule has 1 saturated carbocycles. The highest BCUT2D eigenvalue weighted by atomic mass is 79.9. The van der Waals surface area contributed by atoms with E-state index in [2.05, 4.69) is 26.6 Å². The van der Waals surface area contributed by atoms with Crippen molar-refractivity contribution in [3.63, 3.8) is 0 Å². The van der Waals surface area contributed by atoms with Gasteiger partial charge in [0.05, 0.1) is 0 Å². The Morgan fingerprint density at radius 2 is 1.78 bits per heavy atom. The third-order valence-electron chi connectivity index (χ3n) is 4.61. The first-order chi connectivity index (χ1) is 11.0. The number of hydrogen-bond acceptors (Lipinski definition) is 3. The summed E-state index contributed by atoms with van der Waals surface area (Å²) < 4.78 is 0.977. The van der Waals surface area contributed by atoms with Crippen LogP contribution >= 0.6 is 15.9 Å². The summed E-state index contributed by atoms with van der Waals surface area (Å²) in [6.07, 6.45) is 7.84. The van der Waals surface area contributed by atoms with E-state index < -0.39 is 5.54 Å². The molecule has 1 aliphatic rings. The van der Waals surface area contributed by atoms with E-state index in [0.717, 1.165) is 16.6 Å². The molecule has 2 rings (SSSR count). The van der Waals surface area contributed by atoms with Crippen molar-refractivity contribution in [1.82, 2.24) is 10.6 Å². The summed E-state index contributed by atoms with van der Waals surface area (Å²) in [7, 11) is 0. The monoisotopic (exact) mass is 381 g/mol. The Morgan fingerprint density at radius 3 is 2.39 bits per heavy atom. The number of halogens is 1. The molecule has 1 atom stereocenters. The zero-order valence-corrected chi connectivity index (χ0v) is 15.5. The predicted molar refractivity (Wildman–Crippen MR) is 98.2 cm³/mol. The van der Waals surface area contributed by atoms with Crippen LogP contribution in [0.1, 0.15) is 51.0 Å². The van der Waals surface area contributed by atoms with E-state index in [0.29, 0.717) is 12.6 Å². The van der Waals surface area contributed by atoms with E-state index in [1.54, 1.807) is 6.92 Å². The first kappa shape index (κ1) is 18.4. The van der Waals surface area contributed by atoms with Gasteiger partial charge in [-0.25, -0.2) is 0 Å². The molecule has 128 valence electrons. The minimum Gasteiger partial charge on any atom is -0.353 e. The lowest BCUT2D eigenvalue weighted by Gasteiger charge is -2.24. The van der Waals surface area contributed by atoms with E-state index in [1.165, 1.54) is 38.5 Å². The quantitative estimate of drug-likeness (QED) is 0.523. The Hall–Kier alpha value is -0.910. The molecule has 1 fully saturated rings. The minimum atomic E-state index is -1.01. The van der Waals surface area contributed by atoms with E-state index in [1.807, 2.05) is 24.3 Å². The molecule has 1 unspecified atom stereocenters. The standard InChI is InChI=1S/C18H28BrN3O/c1-18(20,14-8-10-15(19)11-9-14)17(23)22-13-12-21-16-6-4-2-3-5-7-16/h8-11,16,21H,2-7,12-13,20H2,1H3,(H,22,23). The van der Waals surface area contributed by atoms with Crippen LogP contribution in [0, 0.1) is 0 Å². The van der Waals surface area contributed by atoms with Gasteiger partial charge in [0.15, 0.2) is 0 Å². The highest BCUT2D eigenvalue weighted by Gasteiger charge is 2.30. The predicted octanol–water partition coefficient (Wildman–Crippen LogP) is 3.05. The molecule has 0 radical (unpaired) electrons. The smallest absolute Gasteiger partial charge is 0.244 e. The molecule has 5 heteroatoms.